The number of amides is 1. The lowest BCUT2D eigenvalue weighted by Gasteiger charge is -2.09. The van der Waals surface area contributed by atoms with E-state index in [1.807, 2.05) is 19.1 Å². The fourth-order valence-corrected chi connectivity index (χ4v) is 2.39. The molecule has 2 N–H and O–H groups in total. The molecule has 1 amide bonds. The first-order valence-corrected chi connectivity index (χ1v) is 7.89. The topological polar surface area (TPSA) is 114 Å². The lowest BCUT2D eigenvalue weighted by Crippen LogP contribution is -2.32. The van der Waals surface area contributed by atoms with Crippen molar-refractivity contribution < 1.29 is 9.21 Å². The van der Waals surface area contributed by atoms with E-state index in [1.165, 1.54) is 22.9 Å². The molecule has 132 valence electrons. The fourth-order valence-electron chi connectivity index (χ4n) is 2.39. The Kier molecular flexibility index (Phi) is 4.74. The highest BCUT2D eigenvalue weighted by Crippen LogP contribution is 2.05. The van der Waals surface area contributed by atoms with E-state index in [-0.39, 0.29) is 29.4 Å². The van der Waals surface area contributed by atoms with Crippen molar-refractivity contribution in [3.8, 4) is 0 Å². The van der Waals surface area contributed by atoms with Crippen LogP contribution in [0.1, 0.15) is 33.3 Å². The summed E-state index contributed by atoms with van der Waals surface area (Å²) in [5.74, 6) is 0.180. The van der Waals surface area contributed by atoms with Crippen LogP contribution in [0.15, 0.2) is 51.8 Å². The van der Waals surface area contributed by atoms with Crippen LogP contribution in [0.5, 0.6) is 0 Å². The maximum Gasteiger partial charge on any atom is 0.258 e. The summed E-state index contributed by atoms with van der Waals surface area (Å²) in [6.45, 7) is 3.63. The zero-order valence-corrected chi connectivity index (χ0v) is 14.3. The van der Waals surface area contributed by atoms with Crippen LogP contribution in [0.2, 0.25) is 0 Å². The number of carbonyl (C=O) groups excluding carboxylic acids is 1. The molecule has 0 unspecified atom stereocenters. The molecule has 0 saturated carbocycles. The molecule has 0 bridgehead atoms. The van der Waals surface area contributed by atoms with Crippen LogP contribution in [0.4, 0.5) is 0 Å². The number of benzene rings is 1. The number of rotatable bonds is 4. The maximum atomic E-state index is 12.4. The van der Waals surface area contributed by atoms with Crippen LogP contribution in [-0.4, -0.2) is 26.5 Å². The highest BCUT2D eigenvalue weighted by molar-refractivity contribution is 6.11. The Morgan fingerprint density at radius 3 is 2.69 bits per heavy atom. The predicted octanol–water partition coefficient (Wildman–Crippen LogP) is 1.65. The first-order chi connectivity index (χ1) is 12.4. The smallest absolute Gasteiger partial charge is 0.258 e. The summed E-state index contributed by atoms with van der Waals surface area (Å²) in [5.41, 5.74) is 1.54. The summed E-state index contributed by atoms with van der Waals surface area (Å²) >= 11 is 0. The summed E-state index contributed by atoms with van der Waals surface area (Å²) < 4.78 is 6.56. The molecule has 26 heavy (non-hydrogen) atoms. The number of amidine groups is 1. The van der Waals surface area contributed by atoms with Crippen molar-refractivity contribution in [1.82, 2.24) is 20.1 Å². The lowest BCUT2D eigenvalue weighted by atomic mass is 10.1. The maximum absolute atomic E-state index is 12.4. The first kappa shape index (κ1) is 17.3. The SMILES string of the molecule is Cc1cccc(C(=N)NC(=O)c2ccc(=O)n(Cc3nnc(C)o3)c2)c1. The van der Waals surface area contributed by atoms with Crippen molar-refractivity contribution in [2.24, 2.45) is 0 Å². The zero-order chi connectivity index (χ0) is 18.7. The minimum absolute atomic E-state index is 0.0102. The Morgan fingerprint density at radius 1 is 1.19 bits per heavy atom. The van der Waals surface area contributed by atoms with Crippen molar-refractivity contribution in [3.05, 3.63) is 81.4 Å². The second-order valence-electron chi connectivity index (χ2n) is 5.80. The average molecular weight is 351 g/mol. The van der Waals surface area contributed by atoms with E-state index >= 15 is 0 Å². The second kappa shape index (κ2) is 7.14. The molecule has 8 heteroatoms. The van der Waals surface area contributed by atoms with E-state index in [9.17, 15) is 9.59 Å². The van der Waals surface area contributed by atoms with Gasteiger partial charge >= 0.3 is 0 Å². The van der Waals surface area contributed by atoms with Crippen LogP contribution >= 0.6 is 0 Å². The summed E-state index contributed by atoms with van der Waals surface area (Å²) in [6, 6.07) is 9.98. The third kappa shape index (κ3) is 3.92. The lowest BCUT2D eigenvalue weighted by molar-refractivity contribution is 0.0976. The monoisotopic (exact) mass is 351 g/mol. The normalized spacial score (nSPS) is 10.5. The number of carbonyl (C=O) groups is 1. The summed E-state index contributed by atoms with van der Waals surface area (Å²) in [5, 5.41) is 18.1. The molecule has 2 heterocycles. The highest BCUT2D eigenvalue weighted by Gasteiger charge is 2.12. The molecule has 0 saturated heterocycles. The van der Waals surface area contributed by atoms with Crippen molar-refractivity contribution in [2.75, 3.05) is 0 Å². The standard InChI is InChI=1S/C18H17N5O3/c1-11-4-3-5-13(8-11)17(19)20-18(25)14-6-7-16(24)23(9-14)10-15-22-21-12(2)26-15/h3-9H,10H2,1-2H3,(H2,19,20,25). The minimum Gasteiger partial charge on any atom is -0.424 e. The van der Waals surface area contributed by atoms with Crippen molar-refractivity contribution in [2.45, 2.75) is 20.4 Å². The third-order valence-corrected chi connectivity index (χ3v) is 3.66. The number of pyridine rings is 1. The number of nitrogens with one attached hydrogen (secondary N) is 2. The Balaban J connectivity index is 1.78. The average Bonchev–Trinajstić information content (AvgIpc) is 3.01. The van der Waals surface area contributed by atoms with Gasteiger partial charge in [-0.15, -0.1) is 10.2 Å². The molecule has 0 fully saturated rings. The van der Waals surface area contributed by atoms with Gasteiger partial charge in [0.2, 0.25) is 11.8 Å². The Hall–Kier alpha value is -3.55. The number of aryl methyl sites for hydroxylation is 2. The third-order valence-electron chi connectivity index (χ3n) is 3.66. The van der Waals surface area contributed by atoms with Crippen LogP contribution in [0.25, 0.3) is 0 Å². The van der Waals surface area contributed by atoms with E-state index in [4.69, 9.17) is 9.83 Å². The molecule has 1 aromatic carbocycles. The molecule has 0 radical (unpaired) electrons. The van der Waals surface area contributed by atoms with Gasteiger partial charge < -0.3 is 14.3 Å². The number of hydrogen-bond acceptors (Lipinski definition) is 6. The van der Waals surface area contributed by atoms with Gasteiger partial charge in [0.1, 0.15) is 12.4 Å². The summed E-state index contributed by atoms with van der Waals surface area (Å²) in [7, 11) is 0. The first-order valence-electron chi connectivity index (χ1n) is 7.89. The van der Waals surface area contributed by atoms with Crippen LogP contribution in [-0.2, 0) is 6.54 Å². The fraction of sp³-hybridized carbons (Fsp3) is 0.167. The molecule has 0 spiro atoms. The summed E-state index contributed by atoms with van der Waals surface area (Å²) in [4.78, 5) is 24.4. The van der Waals surface area contributed by atoms with E-state index in [0.717, 1.165) is 5.56 Å². The van der Waals surface area contributed by atoms with E-state index in [2.05, 4.69) is 15.5 Å². The Morgan fingerprint density at radius 2 is 2.00 bits per heavy atom. The molecular formula is C18H17N5O3. The van der Waals surface area contributed by atoms with Crippen LogP contribution < -0.4 is 10.9 Å². The molecule has 3 aromatic rings. The zero-order valence-electron chi connectivity index (χ0n) is 14.3. The molecule has 0 atom stereocenters. The number of hydrogen-bond donors (Lipinski definition) is 2. The quantitative estimate of drug-likeness (QED) is 0.548. The molecule has 2 aromatic heterocycles. The molecule has 0 aliphatic rings. The van der Waals surface area contributed by atoms with Gasteiger partial charge in [-0.25, -0.2) is 0 Å². The summed E-state index contributed by atoms with van der Waals surface area (Å²) in [6.07, 6.45) is 1.40. The largest absolute Gasteiger partial charge is 0.424 e. The molecule has 3 rings (SSSR count). The second-order valence-corrected chi connectivity index (χ2v) is 5.80. The van der Waals surface area contributed by atoms with Crippen LogP contribution in [0.3, 0.4) is 0 Å². The van der Waals surface area contributed by atoms with Gasteiger partial charge in [-0.05, 0) is 19.1 Å². The van der Waals surface area contributed by atoms with Gasteiger partial charge in [0, 0.05) is 24.8 Å². The molecular weight excluding hydrogens is 334 g/mol. The van der Waals surface area contributed by atoms with Gasteiger partial charge in [0.15, 0.2) is 0 Å². The van der Waals surface area contributed by atoms with Gasteiger partial charge in [0.05, 0.1) is 5.56 Å². The van der Waals surface area contributed by atoms with Gasteiger partial charge in [-0.1, -0.05) is 23.8 Å². The molecule has 0 aliphatic carbocycles. The number of nitrogens with zero attached hydrogens (tertiary/aromatic N) is 3. The Labute approximate surface area is 149 Å². The highest BCUT2D eigenvalue weighted by atomic mass is 16.4. The van der Waals surface area contributed by atoms with Gasteiger partial charge in [0.25, 0.3) is 11.5 Å². The molecule has 8 nitrogen and oxygen atoms in total. The minimum atomic E-state index is -0.480. The van der Waals surface area contributed by atoms with E-state index < -0.39 is 5.91 Å². The van der Waals surface area contributed by atoms with E-state index in [1.54, 1.807) is 19.1 Å². The van der Waals surface area contributed by atoms with Crippen LogP contribution in [0, 0.1) is 19.3 Å². The number of aromatic nitrogens is 3. The Bertz CT molecular complexity index is 1040. The predicted molar refractivity (Wildman–Crippen MR) is 94.3 cm³/mol. The van der Waals surface area contributed by atoms with Crippen molar-refractivity contribution >= 4 is 11.7 Å². The van der Waals surface area contributed by atoms with Crippen molar-refractivity contribution in [1.29, 1.82) is 5.41 Å². The van der Waals surface area contributed by atoms with Crippen molar-refractivity contribution in [3.63, 3.8) is 0 Å². The van der Waals surface area contributed by atoms with Gasteiger partial charge in [-0.2, -0.15) is 0 Å². The van der Waals surface area contributed by atoms with Gasteiger partial charge in [-0.3, -0.25) is 15.0 Å². The van der Waals surface area contributed by atoms with E-state index in [0.29, 0.717) is 11.5 Å². The molecule has 0 aliphatic heterocycles.